The van der Waals surface area contributed by atoms with Gasteiger partial charge in [0.2, 0.25) is 0 Å². The molecule has 1 aromatic heterocycles. The minimum Gasteiger partial charge on any atom is -0.452 e. The van der Waals surface area contributed by atoms with Crippen LogP contribution in [0, 0.1) is 0 Å². The number of rotatable bonds is 4. The number of nitrogens with zero attached hydrogens (tertiary/aromatic N) is 3. The van der Waals surface area contributed by atoms with Crippen LogP contribution in [0.25, 0.3) is 0 Å². The third-order valence-electron chi connectivity index (χ3n) is 4.86. The van der Waals surface area contributed by atoms with Crippen molar-refractivity contribution in [1.29, 1.82) is 0 Å². The van der Waals surface area contributed by atoms with E-state index >= 15 is 0 Å². The summed E-state index contributed by atoms with van der Waals surface area (Å²) in [6, 6.07) is 4.82. The summed E-state index contributed by atoms with van der Waals surface area (Å²) in [6.45, 7) is -0.142. The molecular formula is C20H16ClF6N3O3. The van der Waals surface area contributed by atoms with Gasteiger partial charge in [0.05, 0.1) is 21.7 Å². The molecular weight excluding hydrogens is 480 g/mol. The van der Waals surface area contributed by atoms with Crippen LogP contribution >= 0.6 is 11.6 Å². The van der Waals surface area contributed by atoms with Crippen molar-refractivity contribution in [3.05, 3.63) is 58.2 Å². The van der Waals surface area contributed by atoms with E-state index in [4.69, 9.17) is 16.3 Å². The second-order valence-electron chi connectivity index (χ2n) is 7.01. The summed E-state index contributed by atoms with van der Waals surface area (Å²) in [4.78, 5) is 31.1. The van der Waals surface area contributed by atoms with Crippen molar-refractivity contribution in [3.8, 4) is 0 Å². The van der Waals surface area contributed by atoms with Crippen molar-refractivity contribution in [3.63, 3.8) is 0 Å². The maximum absolute atomic E-state index is 13.0. The molecule has 0 bridgehead atoms. The van der Waals surface area contributed by atoms with Crippen molar-refractivity contribution in [2.75, 3.05) is 37.7 Å². The van der Waals surface area contributed by atoms with E-state index in [1.54, 1.807) is 4.90 Å². The number of benzene rings is 1. The zero-order valence-corrected chi connectivity index (χ0v) is 17.5. The SMILES string of the molecule is O=C(OCC(=O)N1CCN(c2ncc(C(F)(F)F)cc2Cl)CC1)c1ccccc1C(F)(F)F. The summed E-state index contributed by atoms with van der Waals surface area (Å²) < 4.78 is 82.1. The highest BCUT2D eigenvalue weighted by Gasteiger charge is 2.36. The number of carbonyl (C=O) groups excluding carboxylic acids is 2. The number of carbonyl (C=O) groups is 2. The van der Waals surface area contributed by atoms with Crippen molar-refractivity contribution in [1.82, 2.24) is 9.88 Å². The smallest absolute Gasteiger partial charge is 0.417 e. The van der Waals surface area contributed by atoms with Gasteiger partial charge in [-0.15, -0.1) is 0 Å². The number of piperazine rings is 1. The molecule has 1 aromatic carbocycles. The highest BCUT2D eigenvalue weighted by atomic mass is 35.5. The van der Waals surface area contributed by atoms with Crippen molar-refractivity contribution in [2.24, 2.45) is 0 Å². The van der Waals surface area contributed by atoms with Gasteiger partial charge < -0.3 is 14.5 Å². The number of ether oxygens (including phenoxy) is 1. The second kappa shape index (κ2) is 9.46. The molecule has 1 aliphatic rings. The minimum atomic E-state index is -4.76. The number of anilines is 1. The lowest BCUT2D eigenvalue weighted by molar-refractivity contribution is -0.139. The number of esters is 1. The highest BCUT2D eigenvalue weighted by Crippen LogP contribution is 2.34. The third kappa shape index (κ3) is 5.86. The Labute approximate surface area is 188 Å². The van der Waals surface area contributed by atoms with Gasteiger partial charge in [0, 0.05) is 32.4 Å². The molecule has 33 heavy (non-hydrogen) atoms. The van der Waals surface area contributed by atoms with E-state index in [9.17, 15) is 35.9 Å². The van der Waals surface area contributed by atoms with E-state index in [-0.39, 0.29) is 37.0 Å². The molecule has 0 aliphatic carbocycles. The van der Waals surface area contributed by atoms with Crippen molar-refractivity contribution < 1.29 is 40.7 Å². The third-order valence-corrected chi connectivity index (χ3v) is 5.14. The number of amides is 1. The Hall–Kier alpha value is -3.02. The molecule has 1 aliphatic heterocycles. The van der Waals surface area contributed by atoms with Gasteiger partial charge in [-0.2, -0.15) is 26.3 Å². The summed E-state index contributed by atoms with van der Waals surface area (Å²) in [5.41, 5.74) is -2.86. The van der Waals surface area contributed by atoms with Crippen LogP contribution in [0.2, 0.25) is 5.02 Å². The first-order valence-corrected chi connectivity index (χ1v) is 9.84. The fourth-order valence-corrected chi connectivity index (χ4v) is 3.48. The molecule has 1 saturated heterocycles. The Balaban J connectivity index is 1.56. The molecule has 0 radical (unpaired) electrons. The predicted octanol–water partition coefficient (Wildman–Crippen LogP) is 4.28. The Bertz CT molecular complexity index is 1040. The first-order chi connectivity index (χ1) is 15.4. The zero-order chi connectivity index (χ0) is 24.4. The van der Waals surface area contributed by atoms with Gasteiger partial charge in [-0.05, 0) is 18.2 Å². The highest BCUT2D eigenvalue weighted by molar-refractivity contribution is 6.33. The van der Waals surface area contributed by atoms with E-state index in [1.165, 1.54) is 11.0 Å². The fraction of sp³-hybridized carbons (Fsp3) is 0.350. The Morgan fingerprint density at radius 1 is 1.00 bits per heavy atom. The number of pyridine rings is 1. The van der Waals surface area contributed by atoms with Crippen LogP contribution in [0.5, 0.6) is 0 Å². The molecule has 2 aromatic rings. The van der Waals surface area contributed by atoms with E-state index in [2.05, 4.69) is 4.98 Å². The van der Waals surface area contributed by atoms with E-state index in [0.717, 1.165) is 24.3 Å². The van der Waals surface area contributed by atoms with Crippen LogP contribution in [-0.2, 0) is 21.9 Å². The van der Waals surface area contributed by atoms with Gasteiger partial charge in [-0.25, -0.2) is 9.78 Å². The molecule has 1 amide bonds. The van der Waals surface area contributed by atoms with Gasteiger partial charge in [-0.1, -0.05) is 23.7 Å². The lowest BCUT2D eigenvalue weighted by atomic mass is 10.1. The molecule has 0 N–H and O–H groups in total. The van der Waals surface area contributed by atoms with Gasteiger partial charge in [0.25, 0.3) is 5.91 Å². The molecule has 178 valence electrons. The lowest BCUT2D eigenvalue weighted by Gasteiger charge is -2.35. The summed E-state index contributed by atoms with van der Waals surface area (Å²) >= 11 is 5.93. The zero-order valence-electron chi connectivity index (χ0n) is 16.7. The minimum absolute atomic E-state index is 0.120. The Morgan fingerprint density at radius 2 is 1.64 bits per heavy atom. The molecule has 3 rings (SSSR count). The van der Waals surface area contributed by atoms with Gasteiger partial charge in [-0.3, -0.25) is 4.79 Å². The monoisotopic (exact) mass is 495 g/mol. The maximum Gasteiger partial charge on any atom is 0.417 e. The van der Waals surface area contributed by atoms with Crippen LogP contribution in [0.1, 0.15) is 21.5 Å². The van der Waals surface area contributed by atoms with Crippen molar-refractivity contribution in [2.45, 2.75) is 12.4 Å². The standard InChI is InChI=1S/C20H16ClF6N3O3/c21-15-9-12(19(22,23)24)10-28-17(15)30-7-5-29(6-8-30)16(31)11-33-18(32)13-3-1-2-4-14(13)20(25,26)27/h1-4,9-10H,5-8,11H2. The topological polar surface area (TPSA) is 62.7 Å². The van der Waals surface area contributed by atoms with Crippen LogP contribution in [-0.4, -0.2) is 54.5 Å². The fourth-order valence-electron chi connectivity index (χ4n) is 3.19. The summed E-state index contributed by atoms with van der Waals surface area (Å²) in [7, 11) is 0. The molecule has 0 spiro atoms. The van der Waals surface area contributed by atoms with Crippen molar-refractivity contribution >= 4 is 29.3 Å². The van der Waals surface area contributed by atoms with E-state index in [1.807, 2.05) is 0 Å². The molecule has 0 atom stereocenters. The molecule has 2 heterocycles. The summed E-state index contributed by atoms with van der Waals surface area (Å²) in [5, 5.41) is -0.193. The largest absolute Gasteiger partial charge is 0.452 e. The first-order valence-electron chi connectivity index (χ1n) is 9.46. The normalized spacial score (nSPS) is 14.9. The average Bonchev–Trinajstić information content (AvgIpc) is 2.76. The van der Waals surface area contributed by atoms with Crippen LogP contribution in [0.3, 0.4) is 0 Å². The van der Waals surface area contributed by atoms with Crippen LogP contribution in [0.4, 0.5) is 32.2 Å². The van der Waals surface area contributed by atoms with Gasteiger partial charge in [0.15, 0.2) is 6.61 Å². The number of hydrogen-bond acceptors (Lipinski definition) is 5. The number of hydrogen-bond donors (Lipinski definition) is 0. The van der Waals surface area contributed by atoms with Crippen LogP contribution in [0.15, 0.2) is 36.5 Å². The van der Waals surface area contributed by atoms with E-state index in [0.29, 0.717) is 6.20 Å². The quantitative estimate of drug-likeness (QED) is 0.468. The van der Waals surface area contributed by atoms with Crippen LogP contribution < -0.4 is 4.90 Å². The molecule has 6 nitrogen and oxygen atoms in total. The number of aromatic nitrogens is 1. The molecule has 0 saturated carbocycles. The number of halogens is 7. The lowest BCUT2D eigenvalue weighted by Crippen LogP contribution is -2.50. The molecule has 13 heteroatoms. The maximum atomic E-state index is 13.0. The Morgan fingerprint density at radius 3 is 2.21 bits per heavy atom. The second-order valence-corrected chi connectivity index (χ2v) is 7.42. The first kappa shape index (κ1) is 24.6. The van der Waals surface area contributed by atoms with E-state index < -0.39 is 47.5 Å². The number of alkyl halides is 6. The van der Waals surface area contributed by atoms with Gasteiger partial charge >= 0.3 is 18.3 Å². The Kier molecular flexibility index (Phi) is 7.06. The average molecular weight is 496 g/mol. The summed E-state index contributed by atoms with van der Waals surface area (Å²) in [5.74, 6) is -1.78. The predicted molar refractivity (Wildman–Crippen MR) is 105 cm³/mol. The molecule has 1 fully saturated rings. The molecule has 0 unspecified atom stereocenters. The summed E-state index contributed by atoms with van der Waals surface area (Å²) in [6.07, 6.45) is -8.68. The van der Waals surface area contributed by atoms with Gasteiger partial charge in [0.1, 0.15) is 5.82 Å².